The highest BCUT2D eigenvalue weighted by molar-refractivity contribution is 6.06. The summed E-state index contributed by atoms with van der Waals surface area (Å²) in [5, 5.41) is 3.89. The minimum absolute atomic E-state index is 0.141. The van der Waals surface area contributed by atoms with Gasteiger partial charge in [0, 0.05) is 42.6 Å². The summed E-state index contributed by atoms with van der Waals surface area (Å²) in [4.78, 5) is 29.8. The van der Waals surface area contributed by atoms with Crippen LogP contribution >= 0.6 is 0 Å². The molecule has 1 aliphatic heterocycles. The Kier molecular flexibility index (Phi) is 5.03. The second kappa shape index (κ2) is 7.76. The lowest BCUT2D eigenvalue weighted by Crippen LogP contribution is -2.44. The van der Waals surface area contributed by atoms with E-state index in [4.69, 9.17) is 0 Å². The van der Waals surface area contributed by atoms with Crippen molar-refractivity contribution < 1.29 is 4.79 Å². The number of fused-ring (bicyclic) bond motifs is 1. The first-order chi connectivity index (χ1) is 13.2. The minimum atomic E-state index is -0.253. The van der Waals surface area contributed by atoms with Crippen LogP contribution in [0.15, 0.2) is 65.5 Å². The molecule has 27 heavy (non-hydrogen) atoms. The lowest BCUT2D eigenvalue weighted by atomic mass is 10.0. The summed E-state index contributed by atoms with van der Waals surface area (Å²) in [5.74, 6) is -0.168. The first-order valence-corrected chi connectivity index (χ1v) is 9.38. The molecule has 0 bridgehead atoms. The largest absolute Gasteiger partial charge is 0.349 e. The van der Waals surface area contributed by atoms with Gasteiger partial charge in [-0.05, 0) is 24.5 Å². The van der Waals surface area contributed by atoms with Crippen LogP contribution in [0.4, 0.5) is 0 Å². The number of aromatic amines is 1. The van der Waals surface area contributed by atoms with Crippen LogP contribution in [0.25, 0.3) is 10.9 Å². The molecular formula is C22H23N3O2. The van der Waals surface area contributed by atoms with Crippen molar-refractivity contribution in [1.29, 1.82) is 0 Å². The Hall–Kier alpha value is -2.92. The van der Waals surface area contributed by atoms with E-state index in [1.165, 1.54) is 11.6 Å². The lowest BCUT2D eigenvalue weighted by molar-refractivity contribution is 0.0910. The van der Waals surface area contributed by atoms with Crippen molar-refractivity contribution in [2.45, 2.75) is 25.4 Å². The number of carbonyl (C=O) groups excluding carboxylic acids is 1. The summed E-state index contributed by atoms with van der Waals surface area (Å²) in [6.45, 7) is 2.85. The van der Waals surface area contributed by atoms with E-state index < -0.39 is 0 Å². The Bertz CT molecular complexity index is 989. The smallest absolute Gasteiger partial charge is 0.252 e. The summed E-state index contributed by atoms with van der Waals surface area (Å²) in [6, 6.07) is 19.4. The fraction of sp³-hybridized carbons (Fsp3) is 0.273. The standard InChI is InChI=1S/C22H23N3O2/c26-21-14-19(18-8-4-5-9-20(18)24-21)22(27)23-17-10-12-25(13-11-17)15-16-6-2-1-3-7-16/h1-9,14,17H,10-13,15H2,(H,23,27)(H,24,26). The second-order valence-corrected chi connectivity index (χ2v) is 7.10. The highest BCUT2D eigenvalue weighted by Gasteiger charge is 2.22. The number of nitrogens with zero attached hydrogens (tertiary/aromatic N) is 1. The Morgan fingerprint density at radius 2 is 1.74 bits per heavy atom. The molecule has 4 rings (SSSR count). The van der Waals surface area contributed by atoms with Crippen LogP contribution in [0.5, 0.6) is 0 Å². The number of para-hydroxylation sites is 1. The van der Waals surface area contributed by atoms with Gasteiger partial charge in [0.05, 0.1) is 5.56 Å². The third-order valence-electron chi connectivity index (χ3n) is 5.17. The molecule has 0 spiro atoms. The molecule has 2 heterocycles. The highest BCUT2D eigenvalue weighted by atomic mass is 16.2. The number of likely N-dealkylation sites (tertiary alicyclic amines) is 1. The molecule has 138 valence electrons. The molecule has 0 atom stereocenters. The van der Waals surface area contributed by atoms with Crippen LogP contribution in [0.3, 0.4) is 0 Å². The number of rotatable bonds is 4. The van der Waals surface area contributed by atoms with Crippen LogP contribution < -0.4 is 10.9 Å². The molecule has 5 nitrogen and oxygen atoms in total. The number of benzene rings is 2. The van der Waals surface area contributed by atoms with E-state index in [0.29, 0.717) is 11.1 Å². The van der Waals surface area contributed by atoms with Crippen molar-refractivity contribution in [3.63, 3.8) is 0 Å². The summed E-state index contributed by atoms with van der Waals surface area (Å²) in [7, 11) is 0. The van der Waals surface area contributed by atoms with Gasteiger partial charge in [0.1, 0.15) is 0 Å². The van der Waals surface area contributed by atoms with Crippen molar-refractivity contribution in [3.8, 4) is 0 Å². The number of pyridine rings is 1. The van der Waals surface area contributed by atoms with E-state index in [-0.39, 0.29) is 17.5 Å². The maximum Gasteiger partial charge on any atom is 0.252 e. The molecule has 0 radical (unpaired) electrons. The summed E-state index contributed by atoms with van der Waals surface area (Å²) in [5.41, 5.74) is 2.19. The summed E-state index contributed by atoms with van der Waals surface area (Å²) >= 11 is 0. The highest BCUT2D eigenvalue weighted by Crippen LogP contribution is 2.17. The van der Waals surface area contributed by atoms with Crippen LogP contribution in [0.1, 0.15) is 28.8 Å². The molecule has 3 aromatic rings. The lowest BCUT2D eigenvalue weighted by Gasteiger charge is -2.32. The number of amides is 1. The zero-order valence-corrected chi connectivity index (χ0v) is 15.2. The molecule has 1 amide bonds. The van der Waals surface area contributed by atoms with Crippen molar-refractivity contribution >= 4 is 16.8 Å². The number of hydrogen-bond donors (Lipinski definition) is 2. The van der Waals surface area contributed by atoms with Crippen LogP contribution in [-0.2, 0) is 6.54 Å². The van der Waals surface area contributed by atoms with Crippen LogP contribution in [-0.4, -0.2) is 34.9 Å². The predicted molar refractivity (Wildman–Crippen MR) is 107 cm³/mol. The molecule has 0 saturated carbocycles. The normalized spacial score (nSPS) is 15.7. The van der Waals surface area contributed by atoms with E-state index in [1.54, 1.807) is 0 Å². The Morgan fingerprint density at radius 1 is 1.04 bits per heavy atom. The topological polar surface area (TPSA) is 65.2 Å². The first-order valence-electron chi connectivity index (χ1n) is 9.38. The van der Waals surface area contributed by atoms with E-state index in [2.05, 4.69) is 39.5 Å². The maximum absolute atomic E-state index is 12.8. The molecule has 1 aromatic heterocycles. The monoisotopic (exact) mass is 361 g/mol. The van der Waals surface area contributed by atoms with Crippen molar-refractivity contribution in [2.75, 3.05) is 13.1 Å². The number of piperidine rings is 1. The van der Waals surface area contributed by atoms with Gasteiger partial charge in [-0.3, -0.25) is 14.5 Å². The van der Waals surface area contributed by atoms with Crippen LogP contribution in [0.2, 0.25) is 0 Å². The molecular weight excluding hydrogens is 338 g/mol. The van der Waals surface area contributed by atoms with Gasteiger partial charge >= 0.3 is 0 Å². The minimum Gasteiger partial charge on any atom is -0.349 e. The van der Waals surface area contributed by atoms with Gasteiger partial charge in [-0.2, -0.15) is 0 Å². The van der Waals surface area contributed by atoms with Gasteiger partial charge in [0.15, 0.2) is 0 Å². The maximum atomic E-state index is 12.8. The molecule has 1 aliphatic rings. The number of carbonyl (C=O) groups is 1. The fourth-order valence-electron chi connectivity index (χ4n) is 3.73. The van der Waals surface area contributed by atoms with E-state index in [0.717, 1.165) is 37.9 Å². The summed E-state index contributed by atoms with van der Waals surface area (Å²) < 4.78 is 0. The molecule has 0 aliphatic carbocycles. The van der Waals surface area contributed by atoms with Gasteiger partial charge in [-0.15, -0.1) is 0 Å². The average Bonchev–Trinajstić information content (AvgIpc) is 2.69. The van der Waals surface area contributed by atoms with Gasteiger partial charge in [-0.1, -0.05) is 48.5 Å². The Morgan fingerprint density at radius 3 is 2.52 bits per heavy atom. The van der Waals surface area contributed by atoms with Gasteiger partial charge in [0.25, 0.3) is 5.91 Å². The van der Waals surface area contributed by atoms with Gasteiger partial charge < -0.3 is 10.3 Å². The molecule has 1 fully saturated rings. The number of H-pyrrole nitrogens is 1. The van der Waals surface area contributed by atoms with E-state index in [9.17, 15) is 9.59 Å². The molecule has 2 aromatic carbocycles. The first kappa shape index (κ1) is 17.5. The van der Waals surface area contributed by atoms with Crippen molar-refractivity contribution in [2.24, 2.45) is 0 Å². The van der Waals surface area contributed by atoms with Gasteiger partial charge in [-0.25, -0.2) is 0 Å². The fourth-order valence-corrected chi connectivity index (χ4v) is 3.73. The number of aromatic nitrogens is 1. The zero-order valence-electron chi connectivity index (χ0n) is 15.2. The Balaban J connectivity index is 1.39. The average molecular weight is 361 g/mol. The SMILES string of the molecule is O=C(NC1CCN(Cc2ccccc2)CC1)c1cc(=O)[nH]c2ccccc12. The third kappa shape index (κ3) is 4.09. The third-order valence-corrected chi connectivity index (χ3v) is 5.17. The van der Waals surface area contributed by atoms with E-state index in [1.807, 2.05) is 30.3 Å². The number of nitrogens with one attached hydrogen (secondary N) is 2. The van der Waals surface area contributed by atoms with Crippen LogP contribution in [0, 0.1) is 0 Å². The quantitative estimate of drug-likeness (QED) is 0.751. The predicted octanol–water partition coefficient (Wildman–Crippen LogP) is 2.92. The second-order valence-electron chi connectivity index (χ2n) is 7.10. The van der Waals surface area contributed by atoms with Crippen molar-refractivity contribution in [3.05, 3.63) is 82.1 Å². The van der Waals surface area contributed by atoms with Crippen molar-refractivity contribution in [1.82, 2.24) is 15.2 Å². The number of hydrogen-bond acceptors (Lipinski definition) is 3. The Labute approximate surface area is 158 Å². The molecule has 5 heteroatoms. The molecule has 2 N–H and O–H groups in total. The molecule has 0 unspecified atom stereocenters. The van der Waals surface area contributed by atoms with E-state index >= 15 is 0 Å². The zero-order chi connectivity index (χ0) is 18.6. The van der Waals surface area contributed by atoms with Gasteiger partial charge in [0.2, 0.25) is 5.56 Å². The summed E-state index contributed by atoms with van der Waals surface area (Å²) in [6.07, 6.45) is 1.83. The molecule has 1 saturated heterocycles.